The minimum atomic E-state index is -0.384. The largest absolute Gasteiger partial charge is 0.391 e. The summed E-state index contributed by atoms with van der Waals surface area (Å²) in [5.74, 6) is 2.63. The highest BCUT2D eigenvalue weighted by Crippen LogP contribution is 2.32. The normalized spacial score (nSPS) is 23.4. The second-order valence-electron chi connectivity index (χ2n) is 4.18. The van der Waals surface area contributed by atoms with E-state index >= 15 is 0 Å². The number of rotatable bonds is 2. The second kappa shape index (κ2) is 5.03. The Bertz CT molecular complexity index is 561. The standard InChI is InChI=1S/C12H11BrN2O2S/c13-8-3-1-2-7(4-8)11-14-12(17-15-11)9-5-18-6-10(9)16/h1-4,9-10,16H,5-6H2. The Morgan fingerprint density at radius 3 is 3.00 bits per heavy atom. The van der Waals surface area contributed by atoms with Crippen LogP contribution >= 0.6 is 27.7 Å². The van der Waals surface area contributed by atoms with Gasteiger partial charge in [-0.2, -0.15) is 16.7 Å². The van der Waals surface area contributed by atoms with Crippen molar-refractivity contribution in [2.45, 2.75) is 12.0 Å². The van der Waals surface area contributed by atoms with Gasteiger partial charge in [0.05, 0.1) is 12.0 Å². The van der Waals surface area contributed by atoms with Crippen molar-refractivity contribution in [1.82, 2.24) is 10.1 Å². The molecule has 0 amide bonds. The van der Waals surface area contributed by atoms with E-state index in [9.17, 15) is 5.11 Å². The van der Waals surface area contributed by atoms with E-state index < -0.39 is 0 Å². The van der Waals surface area contributed by atoms with Crippen molar-refractivity contribution in [1.29, 1.82) is 0 Å². The van der Waals surface area contributed by atoms with E-state index in [-0.39, 0.29) is 12.0 Å². The molecule has 18 heavy (non-hydrogen) atoms. The molecule has 3 rings (SSSR count). The van der Waals surface area contributed by atoms with Gasteiger partial charge in [0.25, 0.3) is 0 Å². The molecule has 1 aliphatic heterocycles. The zero-order valence-corrected chi connectivity index (χ0v) is 11.8. The van der Waals surface area contributed by atoms with Crippen LogP contribution in [0.3, 0.4) is 0 Å². The molecule has 2 heterocycles. The lowest BCUT2D eigenvalue weighted by molar-refractivity contribution is 0.164. The average molecular weight is 327 g/mol. The molecule has 0 spiro atoms. The Kier molecular flexibility index (Phi) is 3.41. The minimum absolute atomic E-state index is 0.0385. The molecule has 2 atom stereocenters. The van der Waals surface area contributed by atoms with Crippen molar-refractivity contribution in [2.24, 2.45) is 0 Å². The van der Waals surface area contributed by atoms with Crippen LogP contribution in [0.2, 0.25) is 0 Å². The number of aromatic nitrogens is 2. The Balaban J connectivity index is 1.89. The van der Waals surface area contributed by atoms with Gasteiger partial charge >= 0.3 is 0 Å². The van der Waals surface area contributed by atoms with Crippen molar-refractivity contribution in [3.05, 3.63) is 34.6 Å². The maximum atomic E-state index is 9.81. The molecule has 1 fully saturated rings. The van der Waals surface area contributed by atoms with Crippen LogP contribution in [-0.4, -0.2) is 32.9 Å². The van der Waals surface area contributed by atoms with Gasteiger partial charge in [-0.15, -0.1) is 0 Å². The maximum absolute atomic E-state index is 9.81. The maximum Gasteiger partial charge on any atom is 0.233 e. The van der Waals surface area contributed by atoms with E-state index in [1.807, 2.05) is 24.3 Å². The molecular formula is C12H11BrN2O2S. The molecule has 0 aliphatic carbocycles. The molecular weight excluding hydrogens is 316 g/mol. The van der Waals surface area contributed by atoms with E-state index in [0.717, 1.165) is 21.5 Å². The van der Waals surface area contributed by atoms with Gasteiger partial charge in [0.15, 0.2) is 0 Å². The van der Waals surface area contributed by atoms with E-state index in [4.69, 9.17) is 4.52 Å². The third kappa shape index (κ3) is 2.32. The number of benzene rings is 1. The lowest BCUT2D eigenvalue weighted by Crippen LogP contribution is -2.15. The third-order valence-corrected chi connectivity index (χ3v) is 4.56. The summed E-state index contributed by atoms with van der Waals surface area (Å²) in [4.78, 5) is 4.38. The minimum Gasteiger partial charge on any atom is -0.391 e. The number of hydrogen-bond donors (Lipinski definition) is 1. The summed E-state index contributed by atoms with van der Waals surface area (Å²) in [6.07, 6.45) is -0.384. The number of aliphatic hydroxyl groups excluding tert-OH is 1. The topological polar surface area (TPSA) is 59.2 Å². The van der Waals surface area contributed by atoms with Gasteiger partial charge in [-0.05, 0) is 12.1 Å². The van der Waals surface area contributed by atoms with Gasteiger partial charge in [-0.1, -0.05) is 33.2 Å². The van der Waals surface area contributed by atoms with Crippen molar-refractivity contribution in [3.63, 3.8) is 0 Å². The SMILES string of the molecule is OC1CSCC1c1nc(-c2cccc(Br)c2)no1. The van der Waals surface area contributed by atoms with Crippen molar-refractivity contribution in [2.75, 3.05) is 11.5 Å². The zero-order valence-electron chi connectivity index (χ0n) is 9.41. The number of thioether (sulfide) groups is 1. The summed E-state index contributed by atoms with van der Waals surface area (Å²) in [5.41, 5.74) is 0.902. The smallest absolute Gasteiger partial charge is 0.233 e. The Morgan fingerprint density at radius 1 is 1.39 bits per heavy atom. The summed E-state index contributed by atoms with van der Waals surface area (Å²) in [6, 6.07) is 7.74. The molecule has 1 N–H and O–H groups in total. The average Bonchev–Trinajstić information content (AvgIpc) is 2.97. The first-order valence-corrected chi connectivity index (χ1v) is 7.54. The van der Waals surface area contributed by atoms with Crippen molar-refractivity contribution in [3.8, 4) is 11.4 Å². The highest BCUT2D eigenvalue weighted by atomic mass is 79.9. The van der Waals surface area contributed by atoms with E-state index in [0.29, 0.717) is 11.7 Å². The zero-order chi connectivity index (χ0) is 12.5. The van der Waals surface area contributed by atoms with Crippen LogP contribution in [0.5, 0.6) is 0 Å². The summed E-state index contributed by atoms with van der Waals surface area (Å²) >= 11 is 5.12. The molecule has 6 heteroatoms. The van der Waals surface area contributed by atoms with Crippen LogP contribution in [0.15, 0.2) is 33.3 Å². The van der Waals surface area contributed by atoms with Gasteiger partial charge in [-0.3, -0.25) is 0 Å². The van der Waals surface area contributed by atoms with E-state index in [1.54, 1.807) is 11.8 Å². The number of hydrogen-bond acceptors (Lipinski definition) is 5. The quantitative estimate of drug-likeness (QED) is 0.919. The molecule has 2 aromatic rings. The van der Waals surface area contributed by atoms with Gasteiger partial charge < -0.3 is 9.63 Å². The fraction of sp³-hybridized carbons (Fsp3) is 0.333. The van der Waals surface area contributed by atoms with Crippen LogP contribution in [0.25, 0.3) is 11.4 Å². The first kappa shape index (κ1) is 12.2. The molecule has 0 saturated carbocycles. The van der Waals surface area contributed by atoms with Gasteiger partial charge in [-0.25, -0.2) is 0 Å². The van der Waals surface area contributed by atoms with Gasteiger partial charge in [0.2, 0.25) is 11.7 Å². The number of aliphatic hydroxyl groups is 1. The molecule has 1 aromatic heterocycles. The molecule has 1 aromatic carbocycles. The second-order valence-corrected chi connectivity index (χ2v) is 6.17. The molecule has 0 radical (unpaired) electrons. The van der Waals surface area contributed by atoms with Gasteiger partial charge in [0, 0.05) is 21.5 Å². The van der Waals surface area contributed by atoms with Crippen molar-refractivity contribution < 1.29 is 9.63 Å². The number of halogens is 1. The van der Waals surface area contributed by atoms with Crippen LogP contribution < -0.4 is 0 Å². The number of nitrogens with zero attached hydrogens (tertiary/aromatic N) is 2. The molecule has 4 nitrogen and oxygen atoms in total. The van der Waals surface area contributed by atoms with E-state index in [1.165, 1.54) is 0 Å². The van der Waals surface area contributed by atoms with Crippen LogP contribution in [0.1, 0.15) is 11.8 Å². The summed E-state index contributed by atoms with van der Waals surface area (Å²) in [6.45, 7) is 0. The predicted molar refractivity (Wildman–Crippen MR) is 73.5 cm³/mol. The van der Waals surface area contributed by atoms with E-state index in [2.05, 4.69) is 26.1 Å². The van der Waals surface area contributed by atoms with Crippen molar-refractivity contribution >= 4 is 27.7 Å². The molecule has 1 aliphatic rings. The summed E-state index contributed by atoms with van der Waals surface area (Å²) < 4.78 is 6.24. The molecule has 94 valence electrons. The fourth-order valence-corrected chi connectivity index (χ4v) is 3.54. The third-order valence-electron chi connectivity index (χ3n) is 2.89. The predicted octanol–water partition coefficient (Wildman–Crippen LogP) is 2.69. The monoisotopic (exact) mass is 326 g/mol. The molecule has 0 bridgehead atoms. The molecule has 2 unspecified atom stereocenters. The Labute approximate surface area is 117 Å². The summed E-state index contributed by atoms with van der Waals surface area (Å²) in [7, 11) is 0. The van der Waals surface area contributed by atoms with Crippen LogP contribution in [-0.2, 0) is 0 Å². The first-order chi connectivity index (χ1) is 8.74. The van der Waals surface area contributed by atoms with Crippen LogP contribution in [0, 0.1) is 0 Å². The lowest BCUT2D eigenvalue weighted by Gasteiger charge is -2.06. The Morgan fingerprint density at radius 2 is 2.28 bits per heavy atom. The van der Waals surface area contributed by atoms with Gasteiger partial charge in [0.1, 0.15) is 0 Å². The lowest BCUT2D eigenvalue weighted by atomic mass is 10.1. The highest BCUT2D eigenvalue weighted by molar-refractivity contribution is 9.10. The summed E-state index contributed by atoms with van der Waals surface area (Å²) in [5, 5.41) is 13.8. The van der Waals surface area contributed by atoms with Crippen LogP contribution in [0.4, 0.5) is 0 Å². The molecule has 1 saturated heterocycles. The highest BCUT2D eigenvalue weighted by Gasteiger charge is 2.32. The Hall–Kier alpha value is -0.850. The fourth-order valence-electron chi connectivity index (χ4n) is 1.91. The first-order valence-electron chi connectivity index (χ1n) is 5.59.